The van der Waals surface area contributed by atoms with Gasteiger partial charge in [0.2, 0.25) is 0 Å². The zero-order valence-electron chi connectivity index (χ0n) is 28.8. The average molecular weight is 746 g/mol. The molecule has 0 saturated carbocycles. The van der Waals surface area contributed by atoms with Gasteiger partial charge in [-0.25, -0.2) is 9.59 Å². The Bertz CT molecular complexity index is 1690. The summed E-state index contributed by atoms with van der Waals surface area (Å²) in [5.41, 5.74) is 11.9. The molecule has 268 valence electrons. The van der Waals surface area contributed by atoms with Crippen LogP contribution in [0.15, 0.2) is 84.9 Å². The first-order valence-electron chi connectivity index (χ1n) is 15.2. The highest BCUT2D eigenvalue weighted by Crippen LogP contribution is 2.20. The Balaban J connectivity index is 0.000000408. The topological polar surface area (TPSA) is 145 Å². The van der Waals surface area contributed by atoms with Gasteiger partial charge in [0, 0.05) is 6.42 Å². The number of benzene rings is 4. The lowest BCUT2D eigenvalue weighted by atomic mass is 10.0. The van der Waals surface area contributed by atoms with Crippen LogP contribution in [0.2, 0.25) is 10.0 Å². The molecule has 2 atom stereocenters. The van der Waals surface area contributed by atoms with Crippen LogP contribution in [0.1, 0.15) is 54.1 Å². The quantitative estimate of drug-likeness (QED) is 0.152. The smallest absolute Gasteiger partial charge is 0.337 e. The number of halogens is 3. The monoisotopic (exact) mass is 744 g/mol. The van der Waals surface area contributed by atoms with Gasteiger partial charge in [0.05, 0.1) is 35.4 Å². The normalized spacial score (nSPS) is 11.1. The molecule has 4 rings (SSSR count). The van der Waals surface area contributed by atoms with E-state index in [4.69, 9.17) is 38.8 Å². The van der Waals surface area contributed by atoms with E-state index in [2.05, 4.69) is 10.1 Å². The predicted octanol–water partition coefficient (Wildman–Crippen LogP) is 7.28. The number of ether oxygens (including phenoxy) is 2. The zero-order valence-corrected chi connectivity index (χ0v) is 31.1. The van der Waals surface area contributed by atoms with Crippen molar-refractivity contribution >= 4 is 59.4 Å². The van der Waals surface area contributed by atoms with Crippen molar-refractivity contribution < 1.29 is 33.8 Å². The van der Waals surface area contributed by atoms with Crippen LogP contribution in [0, 0.1) is 27.7 Å². The van der Waals surface area contributed by atoms with E-state index < -0.39 is 24.0 Å². The number of esters is 2. The Morgan fingerprint density at radius 3 is 1.48 bits per heavy atom. The second-order valence-corrected chi connectivity index (χ2v) is 12.0. The second kappa shape index (κ2) is 21.6. The lowest BCUT2D eigenvalue weighted by molar-refractivity contribution is -0.143. The van der Waals surface area contributed by atoms with Crippen LogP contribution in [-0.4, -0.2) is 55.2 Å². The van der Waals surface area contributed by atoms with Crippen molar-refractivity contribution in [3.05, 3.63) is 139 Å². The van der Waals surface area contributed by atoms with E-state index in [1.165, 1.54) is 19.8 Å². The average Bonchev–Trinajstić information content (AvgIpc) is 3.06. The van der Waals surface area contributed by atoms with Gasteiger partial charge < -0.3 is 25.6 Å². The molecule has 0 radical (unpaired) electrons. The molecular weight excluding hydrogens is 703 g/mol. The summed E-state index contributed by atoms with van der Waals surface area (Å²) in [6.45, 7) is 7.52. The van der Waals surface area contributed by atoms with E-state index in [9.17, 15) is 19.2 Å². The number of methoxy groups -OCH3 is 2. The third-order valence-corrected chi connectivity index (χ3v) is 7.95. The van der Waals surface area contributed by atoms with Gasteiger partial charge in [0.1, 0.15) is 12.1 Å². The van der Waals surface area contributed by atoms with Crippen LogP contribution >= 0.6 is 35.6 Å². The van der Waals surface area contributed by atoms with E-state index in [1.54, 1.807) is 50.2 Å². The number of hydrogen-bond acceptors (Lipinski definition) is 7. The fourth-order valence-electron chi connectivity index (χ4n) is 4.56. The van der Waals surface area contributed by atoms with Gasteiger partial charge >= 0.3 is 17.9 Å². The Morgan fingerprint density at radius 1 is 0.680 bits per heavy atom. The molecule has 4 N–H and O–H groups in total. The Kier molecular flexibility index (Phi) is 18.9. The van der Waals surface area contributed by atoms with Crippen molar-refractivity contribution in [1.29, 1.82) is 0 Å². The molecule has 0 aliphatic carbocycles. The summed E-state index contributed by atoms with van der Waals surface area (Å²) in [5.74, 6) is -2.23. The molecule has 0 fully saturated rings. The number of aryl methyl sites for hydroxylation is 4. The van der Waals surface area contributed by atoms with E-state index in [-0.39, 0.29) is 34.9 Å². The standard InChI is InChI=1S/C19H20ClNO3.C11H15NO2.C8H7ClO2.ClH/c1-12-7-9-14(10-8-12)11-16(19(23)24-3)21-18(22)17-13(2)5-4-6-15(17)20;1-8-3-5-9(6-4-8)7-10(12)11(13)14-2;1-5-3-2-4-6(9)7(5)8(10)11;/h4-10,16H,11H2,1-3H3,(H,21,22);3-6,10H,7,12H2,1-2H3;2-4H,1H3,(H,10,11);1H. The summed E-state index contributed by atoms with van der Waals surface area (Å²) in [4.78, 5) is 46.2. The van der Waals surface area contributed by atoms with E-state index >= 15 is 0 Å². The third kappa shape index (κ3) is 13.8. The zero-order chi connectivity index (χ0) is 36.7. The molecule has 9 nitrogen and oxygen atoms in total. The van der Waals surface area contributed by atoms with Gasteiger partial charge in [-0.15, -0.1) is 12.4 Å². The number of carboxylic acid groups (broad SMARTS) is 1. The highest BCUT2D eigenvalue weighted by molar-refractivity contribution is 6.34. The van der Waals surface area contributed by atoms with Gasteiger partial charge in [-0.3, -0.25) is 9.59 Å². The molecule has 4 aromatic rings. The highest BCUT2D eigenvalue weighted by Gasteiger charge is 2.24. The van der Waals surface area contributed by atoms with E-state index in [1.807, 2.05) is 62.4 Å². The minimum absolute atomic E-state index is 0. The van der Waals surface area contributed by atoms with Gasteiger partial charge in [-0.2, -0.15) is 0 Å². The minimum Gasteiger partial charge on any atom is -0.478 e. The van der Waals surface area contributed by atoms with Gasteiger partial charge in [0.25, 0.3) is 5.91 Å². The van der Waals surface area contributed by atoms with Gasteiger partial charge in [0.15, 0.2) is 0 Å². The first-order valence-corrected chi connectivity index (χ1v) is 16.0. The van der Waals surface area contributed by atoms with Gasteiger partial charge in [-0.05, 0) is 68.5 Å². The Morgan fingerprint density at radius 2 is 1.10 bits per heavy atom. The van der Waals surface area contributed by atoms with Crippen molar-refractivity contribution in [2.75, 3.05) is 14.2 Å². The number of nitrogens with one attached hydrogen (secondary N) is 1. The third-order valence-electron chi connectivity index (χ3n) is 7.32. The number of nitrogens with two attached hydrogens (primary N) is 1. The molecule has 4 aromatic carbocycles. The molecule has 0 bridgehead atoms. The summed E-state index contributed by atoms with van der Waals surface area (Å²) in [5, 5.41) is 12.0. The molecule has 0 heterocycles. The molecule has 2 unspecified atom stereocenters. The molecule has 0 aromatic heterocycles. The first-order chi connectivity index (χ1) is 23.2. The summed E-state index contributed by atoms with van der Waals surface area (Å²) in [6, 6.07) is 24.6. The van der Waals surface area contributed by atoms with Gasteiger partial charge in [-0.1, -0.05) is 107 Å². The molecule has 0 aliphatic heterocycles. The van der Waals surface area contributed by atoms with Crippen molar-refractivity contribution in [2.45, 2.75) is 52.6 Å². The highest BCUT2D eigenvalue weighted by atomic mass is 35.5. The number of aromatic carboxylic acids is 1. The number of carbonyl (C=O) groups is 4. The lowest BCUT2D eigenvalue weighted by Crippen LogP contribution is -2.43. The van der Waals surface area contributed by atoms with Crippen molar-refractivity contribution in [3.8, 4) is 0 Å². The summed E-state index contributed by atoms with van der Waals surface area (Å²) in [7, 11) is 2.65. The molecule has 0 aliphatic rings. The molecule has 12 heteroatoms. The predicted molar refractivity (Wildman–Crippen MR) is 200 cm³/mol. The minimum atomic E-state index is -0.979. The number of carboxylic acids is 1. The Labute approximate surface area is 309 Å². The molecule has 0 spiro atoms. The summed E-state index contributed by atoms with van der Waals surface area (Å²) in [6.07, 6.45) is 0.870. The SMILES string of the molecule is COC(=O)C(Cc1ccc(C)cc1)NC(=O)c1c(C)cccc1Cl.COC(=O)C(N)Cc1ccc(C)cc1.Cc1cccc(Cl)c1C(=O)O.Cl. The fraction of sp³-hybridized carbons (Fsp3) is 0.263. The van der Waals surface area contributed by atoms with Crippen LogP contribution < -0.4 is 11.1 Å². The maximum atomic E-state index is 12.6. The number of amides is 1. The molecule has 0 saturated heterocycles. The van der Waals surface area contributed by atoms with Crippen LogP contribution in [0.4, 0.5) is 0 Å². The summed E-state index contributed by atoms with van der Waals surface area (Å²) >= 11 is 11.8. The number of rotatable bonds is 9. The number of hydrogen-bond donors (Lipinski definition) is 3. The first kappa shape index (κ1) is 43.6. The summed E-state index contributed by atoms with van der Waals surface area (Å²) < 4.78 is 9.36. The van der Waals surface area contributed by atoms with Crippen LogP contribution in [0.3, 0.4) is 0 Å². The van der Waals surface area contributed by atoms with E-state index in [0.29, 0.717) is 29.0 Å². The van der Waals surface area contributed by atoms with Crippen molar-refractivity contribution in [1.82, 2.24) is 5.32 Å². The molecular formula is C38H43Cl3N2O7. The molecule has 50 heavy (non-hydrogen) atoms. The maximum Gasteiger partial charge on any atom is 0.337 e. The van der Waals surface area contributed by atoms with Crippen LogP contribution in [0.5, 0.6) is 0 Å². The number of carbonyl (C=O) groups excluding carboxylic acids is 3. The van der Waals surface area contributed by atoms with Crippen molar-refractivity contribution in [2.24, 2.45) is 5.73 Å². The van der Waals surface area contributed by atoms with Crippen molar-refractivity contribution in [3.63, 3.8) is 0 Å². The second-order valence-electron chi connectivity index (χ2n) is 11.2. The lowest BCUT2D eigenvalue weighted by Gasteiger charge is -2.18. The van der Waals surface area contributed by atoms with Crippen LogP contribution in [-0.2, 0) is 31.9 Å². The Hall–Kier alpha value is -4.41. The van der Waals surface area contributed by atoms with Crippen LogP contribution in [0.25, 0.3) is 0 Å². The largest absolute Gasteiger partial charge is 0.478 e. The van der Waals surface area contributed by atoms with E-state index in [0.717, 1.165) is 22.3 Å². The fourth-order valence-corrected chi connectivity index (χ4v) is 5.17. The maximum absolute atomic E-state index is 12.6. The molecule has 1 amide bonds.